The van der Waals surface area contributed by atoms with Crippen molar-refractivity contribution in [1.29, 1.82) is 0 Å². The summed E-state index contributed by atoms with van der Waals surface area (Å²) in [4.78, 5) is 17.8. The molecule has 0 aliphatic heterocycles. The number of aromatic nitrogens is 4. The van der Waals surface area contributed by atoms with Crippen molar-refractivity contribution in [2.45, 2.75) is 19.5 Å². The average molecular weight is 336 g/mol. The van der Waals surface area contributed by atoms with Crippen LogP contribution in [0.4, 0.5) is 0 Å². The molecule has 4 aromatic rings. The standard InChI is InChI=1S/C18H16N4OS/c23-18-15-6-2-1-5-14(15)17(16-7-3-12-24-16)20-22(18)10-4-9-21-11-8-19-13-21/h1-3,5-8,11-13H,4,9-10H2. The quantitative estimate of drug-likeness (QED) is 0.561. The molecule has 0 unspecified atom stereocenters. The maximum absolute atomic E-state index is 12.7. The van der Waals surface area contributed by atoms with Gasteiger partial charge in [-0.15, -0.1) is 11.3 Å². The Bertz CT molecular complexity index is 1000. The Kier molecular flexibility index (Phi) is 3.96. The fourth-order valence-corrected chi connectivity index (χ4v) is 3.53. The van der Waals surface area contributed by atoms with Crippen molar-refractivity contribution in [3.8, 4) is 10.6 Å². The predicted molar refractivity (Wildman–Crippen MR) is 96.2 cm³/mol. The molecule has 5 nitrogen and oxygen atoms in total. The summed E-state index contributed by atoms with van der Waals surface area (Å²) in [5.41, 5.74) is 0.847. The molecule has 0 aliphatic carbocycles. The highest BCUT2D eigenvalue weighted by atomic mass is 32.1. The van der Waals surface area contributed by atoms with Crippen LogP contribution in [0, 0.1) is 0 Å². The van der Waals surface area contributed by atoms with Crippen molar-refractivity contribution >= 4 is 22.1 Å². The first-order chi connectivity index (χ1) is 11.8. The molecule has 0 saturated heterocycles. The lowest BCUT2D eigenvalue weighted by Gasteiger charge is -2.10. The van der Waals surface area contributed by atoms with Crippen LogP contribution in [0.3, 0.4) is 0 Å². The van der Waals surface area contributed by atoms with Gasteiger partial charge in [0.1, 0.15) is 5.69 Å². The molecule has 24 heavy (non-hydrogen) atoms. The van der Waals surface area contributed by atoms with Gasteiger partial charge in [-0.05, 0) is 23.9 Å². The van der Waals surface area contributed by atoms with Crippen LogP contribution in [0.2, 0.25) is 0 Å². The minimum absolute atomic E-state index is 0.0310. The summed E-state index contributed by atoms with van der Waals surface area (Å²) >= 11 is 1.64. The van der Waals surface area contributed by atoms with Gasteiger partial charge >= 0.3 is 0 Å². The van der Waals surface area contributed by atoms with Crippen LogP contribution in [0.25, 0.3) is 21.3 Å². The number of rotatable bonds is 5. The average Bonchev–Trinajstić information content (AvgIpc) is 3.31. The van der Waals surface area contributed by atoms with E-state index in [1.807, 2.05) is 52.5 Å². The molecule has 0 amide bonds. The van der Waals surface area contributed by atoms with Gasteiger partial charge < -0.3 is 4.57 Å². The number of aryl methyl sites for hydroxylation is 2. The van der Waals surface area contributed by atoms with Crippen molar-refractivity contribution in [1.82, 2.24) is 19.3 Å². The van der Waals surface area contributed by atoms with E-state index >= 15 is 0 Å². The van der Waals surface area contributed by atoms with E-state index in [9.17, 15) is 4.79 Å². The maximum atomic E-state index is 12.7. The second-order valence-corrected chi connectivity index (χ2v) is 6.50. The third-order valence-corrected chi connectivity index (χ3v) is 4.84. The fraction of sp³-hybridized carbons (Fsp3) is 0.167. The Hall–Kier alpha value is -2.73. The lowest BCUT2D eigenvalue weighted by molar-refractivity contribution is 0.512. The Labute approximate surface area is 142 Å². The van der Waals surface area contributed by atoms with Crippen molar-refractivity contribution in [2.24, 2.45) is 0 Å². The van der Waals surface area contributed by atoms with Crippen LogP contribution < -0.4 is 5.56 Å². The second-order valence-electron chi connectivity index (χ2n) is 5.55. The minimum Gasteiger partial charge on any atom is -0.337 e. The summed E-state index contributed by atoms with van der Waals surface area (Å²) in [5.74, 6) is 0. The molecule has 0 atom stereocenters. The molecule has 0 fully saturated rings. The molecular weight excluding hydrogens is 320 g/mol. The molecule has 3 aromatic heterocycles. The van der Waals surface area contributed by atoms with E-state index < -0.39 is 0 Å². The van der Waals surface area contributed by atoms with E-state index in [0.717, 1.165) is 34.3 Å². The predicted octanol–water partition coefficient (Wildman–Crippen LogP) is 3.41. The molecule has 0 spiro atoms. The summed E-state index contributed by atoms with van der Waals surface area (Å²) in [6.45, 7) is 1.40. The summed E-state index contributed by atoms with van der Waals surface area (Å²) in [7, 11) is 0. The van der Waals surface area contributed by atoms with Gasteiger partial charge in [0.15, 0.2) is 0 Å². The number of hydrogen-bond donors (Lipinski definition) is 0. The van der Waals surface area contributed by atoms with Gasteiger partial charge in [-0.2, -0.15) is 5.10 Å². The van der Waals surface area contributed by atoms with E-state index in [2.05, 4.69) is 10.1 Å². The molecule has 1 aromatic carbocycles. The van der Waals surface area contributed by atoms with Gasteiger partial charge in [0.25, 0.3) is 5.56 Å². The third-order valence-electron chi connectivity index (χ3n) is 3.97. The smallest absolute Gasteiger partial charge is 0.274 e. The molecule has 0 aliphatic rings. The van der Waals surface area contributed by atoms with Crippen molar-refractivity contribution in [3.63, 3.8) is 0 Å². The Morgan fingerprint density at radius 3 is 2.67 bits per heavy atom. The third kappa shape index (κ3) is 2.76. The maximum Gasteiger partial charge on any atom is 0.274 e. The number of imidazole rings is 1. The highest BCUT2D eigenvalue weighted by Gasteiger charge is 2.12. The van der Waals surface area contributed by atoms with Crippen molar-refractivity contribution in [3.05, 3.63) is 70.9 Å². The summed E-state index contributed by atoms with van der Waals surface area (Å²) < 4.78 is 3.60. The Balaban J connectivity index is 1.72. The number of thiophene rings is 1. The first kappa shape index (κ1) is 14.8. The first-order valence-corrected chi connectivity index (χ1v) is 8.70. The van der Waals surface area contributed by atoms with E-state index in [-0.39, 0.29) is 5.56 Å². The molecule has 120 valence electrons. The van der Waals surface area contributed by atoms with Gasteiger partial charge in [-0.25, -0.2) is 9.67 Å². The Morgan fingerprint density at radius 1 is 1.04 bits per heavy atom. The topological polar surface area (TPSA) is 52.7 Å². The zero-order valence-electron chi connectivity index (χ0n) is 13.0. The monoisotopic (exact) mass is 336 g/mol. The Morgan fingerprint density at radius 2 is 1.92 bits per heavy atom. The number of hydrogen-bond acceptors (Lipinski definition) is 4. The van der Waals surface area contributed by atoms with Crippen LogP contribution in [-0.4, -0.2) is 19.3 Å². The van der Waals surface area contributed by atoms with E-state index in [0.29, 0.717) is 6.54 Å². The first-order valence-electron chi connectivity index (χ1n) is 7.82. The van der Waals surface area contributed by atoms with Gasteiger partial charge in [0.05, 0.1) is 16.6 Å². The summed E-state index contributed by atoms with van der Waals surface area (Å²) in [6.07, 6.45) is 6.29. The van der Waals surface area contributed by atoms with Gasteiger partial charge in [-0.1, -0.05) is 24.3 Å². The van der Waals surface area contributed by atoms with Crippen molar-refractivity contribution in [2.75, 3.05) is 0 Å². The lowest BCUT2D eigenvalue weighted by Crippen LogP contribution is -2.24. The van der Waals surface area contributed by atoms with Crippen LogP contribution in [0.1, 0.15) is 6.42 Å². The molecule has 6 heteroatoms. The molecular formula is C18H16N4OS. The molecule has 4 rings (SSSR count). The molecule has 0 bridgehead atoms. The highest BCUT2D eigenvalue weighted by Crippen LogP contribution is 2.28. The number of benzene rings is 1. The summed E-state index contributed by atoms with van der Waals surface area (Å²) in [5, 5.41) is 8.31. The van der Waals surface area contributed by atoms with Crippen molar-refractivity contribution < 1.29 is 0 Å². The van der Waals surface area contributed by atoms with Crippen LogP contribution >= 0.6 is 11.3 Å². The molecule has 0 N–H and O–H groups in total. The minimum atomic E-state index is -0.0310. The van der Waals surface area contributed by atoms with Gasteiger partial charge in [-0.3, -0.25) is 4.79 Å². The molecule has 3 heterocycles. The van der Waals surface area contributed by atoms with Crippen LogP contribution in [0.15, 0.2) is 65.3 Å². The number of fused-ring (bicyclic) bond motifs is 1. The van der Waals surface area contributed by atoms with E-state index in [4.69, 9.17) is 0 Å². The van der Waals surface area contributed by atoms with E-state index in [1.165, 1.54) is 0 Å². The zero-order chi connectivity index (χ0) is 16.4. The van der Waals surface area contributed by atoms with Crippen LogP contribution in [-0.2, 0) is 13.1 Å². The SMILES string of the molecule is O=c1c2ccccc2c(-c2cccs2)nn1CCCn1ccnc1. The normalized spacial score (nSPS) is 11.2. The van der Waals surface area contributed by atoms with Gasteiger partial charge in [0, 0.05) is 30.9 Å². The van der Waals surface area contributed by atoms with Gasteiger partial charge in [0.2, 0.25) is 0 Å². The lowest BCUT2D eigenvalue weighted by atomic mass is 10.1. The second kappa shape index (κ2) is 6.41. The summed E-state index contributed by atoms with van der Waals surface area (Å²) in [6, 6.07) is 11.7. The zero-order valence-corrected chi connectivity index (χ0v) is 13.8. The highest BCUT2D eigenvalue weighted by molar-refractivity contribution is 7.13. The fourth-order valence-electron chi connectivity index (χ4n) is 2.80. The van der Waals surface area contributed by atoms with Crippen LogP contribution in [0.5, 0.6) is 0 Å². The number of nitrogens with zero attached hydrogens (tertiary/aromatic N) is 4. The van der Waals surface area contributed by atoms with E-state index in [1.54, 1.807) is 28.5 Å². The molecule has 0 saturated carbocycles. The molecule has 0 radical (unpaired) electrons. The largest absolute Gasteiger partial charge is 0.337 e.